The molecule has 0 bridgehead atoms. The Bertz CT molecular complexity index is 848. The van der Waals surface area contributed by atoms with Crippen LogP contribution in [-0.2, 0) is 6.61 Å². The smallest absolute Gasteiger partial charge is 0.225 e. The van der Waals surface area contributed by atoms with Crippen molar-refractivity contribution in [2.45, 2.75) is 20.5 Å². The van der Waals surface area contributed by atoms with E-state index in [1.807, 2.05) is 25.1 Å². The van der Waals surface area contributed by atoms with Crippen molar-refractivity contribution in [3.8, 4) is 11.9 Å². The van der Waals surface area contributed by atoms with E-state index in [0.717, 1.165) is 21.3 Å². The van der Waals surface area contributed by atoms with Crippen molar-refractivity contribution in [1.29, 1.82) is 5.26 Å². The van der Waals surface area contributed by atoms with Crippen molar-refractivity contribution >= 4 is 21.6 Å². The molecule has 0 saturated carbocycles. The van der Waals surface area contributed by atoms with Crippen molar-refractivity contribution in [3.63, 3.8) is 0 Å². The molecule has 0 unspecified atom stereocenters. The zero-order chi connectivity index (χ0) is 14.8. The third-order valence-corrected chi connectivity index (χ3v) is 4.55. The largest absolute Gasteiger partial charge is 0.472 e. The molecule has 0 aliphatic carbocycles. The molecule has 0 spiro atoms. The van der Waals surface area contributed by atoms with Crippen LogP contribution in [0.15, 0.2) is 30.6 Å². The van der Waals surface area contributed by atoms with Crippen LogP contribution >= 0.6 is 11.3 Å². The lowest BCUT2D eigenvalue weighted by Gasteiger charge is -2.08. The monoisotopic (exact) mass is 295 g/mol. The van der Waals surface area contributed by atoms with Gasteiger partial charge < -0.3 is 4.74 Å². The summed E-state index contributed by atoms with van der Waals surface area (Å²) >= 11 is 1.64. The summed E-state index contributed by atoms with van der Waals surface area (Å²) in [4.78, 5) is 10.7. The number of ether oxygens (including phenoxy) is 1. The van der Waals surface area contributed by atoms with Crippen molar-refractivity contribution in [2.75, 3.05) is 0 Å². The van der Waals surface area contributed by atoms with E-state index >= 15 is 0 Å². The number of nitriles is 1. The molecule has 5 heteroatoms. The molecule has 0 N–H and O–H groups in total. The molecular weight excluding hydrogens is 282 g/mol. The maximum absolute atomic E-state index is 9.11. The highest BCUT2D eigenvalue weighted by Gasteiger charge is 2.13. The molecule has 1 aromatic carbocycles. The number of benzene rings is 1. The number of thiophene rings is 1. The number of nitrogens with zero attached hydrogens (tertiary/aromatic N) is 3. The first kappa shape index (κ1) is 13.5. The van der Waals surface area contributed by atoms with Crippen molar-refractivity contribution in [1.82, 2.24) is 9.97 Å². The molecule has 2 aromatic heterocycles. The molecule has 0 saturated heterocycles. The average Bonchev–Trinajstić information content (AvgIpc) is 2.81. The first-order valence-electron chi connectivity index (χ1n) is 6.52. The Kier molecular flexibility index (Phi) is 3.55. The van der Waals surface area contributed by atoms with Gasteiger partial charge in [0.2, 0.25) is 5.88 Å². The van der Waals surface area contributed by atoms with Crippen LogP contribution in [0.2, 0.25) is 0 Å². The minimum absolute atomic E-state index is 0.324. The lowest BCUT2D eigenvalue weighted by atomic mass is 10.1. The lowest BCUT2D eigenvalue weighted by Crippen LogP contribution is -2.00. The second-order valence-electron chi connectivity index (χ2n) is 4.70. The molecule has 21 heavy (non-hydrogen) atoms. The Morgan fingerprint density at radius 2 is 2.05 bits per heavy atom. The van der Waals surface area contributed by atoms with E-state index in [1.54, 1.807) is 17.4 Å². The normalized spacial score (nSPS) is 10.5. The second-order valence-corrected chi connectivity index (χ2v) is 5.90. The van der Waals surface area contributed by atoms with E-state index in [9.17, 15) is 0 Å². The Labute approximate surface area is 126 Å². The predicted molar refractivity (Wildman–Crippen MR) is 82.4 cm³/mol. The maximum atomic E-state index is 9.11. The minimum atomic E-state index is 0.324. The molecule has 0 radical (unpaired) electrons. The maximum Gasteiger partial charge on any atom is 0.225 e. The summed E-state index contributed by atoms with van der Waals surface area (Å²) in [6.45, 7) is 4.44. The average molecular weight is 295 g/mol. The Morgan fingerprint density at radius 1 is 1.24 bits per heavy atom. The molecule has 0 atom stereocenters. The van der Waals surface area contributed by atoms with E-state index in [-0.39, 0.29) is 0 Å². The Hall–Kier alpha value is -2.45. The van der Waals surface area contributed by atoms with Gasteiger partial charge in [-0.05, 0) is 25.5 Å². The summed E-state index contributed by atoms with van der Waals surface area (Å²) < 4.78 is 5.85. The van der Waals surface area contributed by atoms with Crippen LogP contribution in [0.1, 0.15) is 21.6 Å². The van der Waals surface area contributed by atoms with Crippen LogP contribution in [0.4, 0.5) is 0 Å². The molecule has 2 heterocycles. The minimum Gasteiger partial charge on any atom is -0.472 e. The zero-order valence-corrected chi connectivity index (χ0v) is 12.6. The summed E-state index contributed by atoms with van der Waals surface area (Å²) in [5, 5.41) is 10.1. The summed E-state index contributed by atoms with van der Waals surface area (Å²) in [6.07, 6.45) is 1.52. The van der Waals surface area contributed by atoms with Gasteiger partial charge in [-0.15, -0.1) is 11.3 Å². The fourth-order valence-corrected chi connectivity index (χ4v) is 3.15. The van der Waals surface area contributed by atoms with Crippen LogP contribution < -0.4 is 4.74 Å². The summed E-state index contributed by atoms with van der Waals surface area (Å²) in [5.74, 6) is 0.578. The molecule has 4 nitrogen and oxygen atoms in total. The van der Waals surface area contributed by atoms with Gasteiger partial charge in [0.1, 0.15) is 17.8 Å². The van der Waals surface area contributed by atoms with Gasteiger partial charge in [-0.3, -0.25) is 0 Å². The van der Waals surface area contributed by atoms with E-state index in [4.69, 9.17) is 10.00 Å². The Morgan fingerprint density at radius 3 is 2.86 bits per heavy atom. The van der Waals surface area contributed by atoms with Crippen molar-refractivity contribution in [3.05, 3.63) is 52.2 Å². The standard InChI is InChI=1S/C16H13N3OS/c1-10-11(2)21-16-14(10)15(18-9-19-16)20-8-13-6-4-3-5-12(13)7-17/h3-6,9H,8H2,1-2H3. The van der Waals surface area contributed by atoms with Gasteiger partial charge in [0, 0.05) is 10.4 Å². The van der Waals surface area contributed by atoms with Gasteiger partial charge in [0.25, 0.3) is 0 Å². The molecule has 104 valence electrons. The second kappa shape index (κ2) is 5.51. The zero-order valence-electron chi connectivity index (χ0n) is 11.8. The molecular formula is C16H13N3OS. The van der Waals surface area contributed by atoms with E-state index < -0.39 is 0 Å². The van der Waals surface area contributed by atoms with E-state index in [0.29, 0.717) is 18.1 Å². The third-order valence-electron chi connectivity index (χ3n) is 3.43. The predicted octanol–water partition coefficient (Wildman–Crippen LogP) is 3.76. The number of rotatable bonds is 3. The van der Waals surface area contributed by atoms with Gasteiger partial charge in [0.15, 0.2) is 0 Å². The van der Waals surface area contributed by atoms with E-state index in [2.05, 4.69) is 23.0 Å². The molecule has 0 aliphatic rings. The van der Waals surface area contributed by atoms with Crippen molar-refractivity contribution in [2.24, 2.45) is 0 Å². The third kappa shape index (κ3) is 2.46. The number of aromatic nitrogens is 2. The Balaban J connectivity index is 1.94. The highest BCUT2D eigenvalue weighted by molar-refractivity contribution is 7.18. The summed E-state index contributed by atoms with van der Waals surface area (Å²) in [5.41, 5.74) is 2.64. The van der Waals surface area contributed by atoms with Crippen LogP contribution in [0.3, 0.4) is 0 Å². The first-order chi connectivity index (χ1) is 10.2. The first-order valence-corrected chi connectivity index (χ1v) is 7.34. The van der Waals surface area contributed by atoms with Gasteiger partial charge in [-0.25, -0.2) is 9.97 Å². The van der Waals surface area contributed by atoms with E-state index in [1.165, 1.54) is 11.2 Å². The SMILES string of the molecule is Cc1sc2ncnc(OCc3ccccc3C#N)c2c1C. The number of hydrogen-bond acceptors (Lipinski definition) is 5. The molecule has 0 fully saturated rings. The van der Waals surface area contributed by atoms with Crippen LogP contribution in [0.25, 0.3) is 10.2 Å². The van der Waals surface area contributed by atoms with Crippen LogP contribution in [-0.4, -0.2) is 9.97 Å². The molecule has 0 amide bonds. The molecule has 3 aromatic rings. The topological polar surface area (TPSA) is 58.8 Å². The lowest BCUT2D eigenvalue weighted by molar-refractivity contribution is 0.297. The highest BCUT2D eigenvalue weighted by Crippen LogP contribution is 2.33. The number of hydrogen-bond donors (Lipinski definition) is 0. The molecule has 3 rings (SSSR count). The fourth-order valence-electron chi connectivity index (χ4n) is 2.16. The number of fused-ring (bicyclic) bond motifs is 1. The number of aryl methyl sites for hydroxylation is 2. The highest BCUT2D eigenvalue weighted by atomic mass is 32.1. The van der Waals surface area contributed by atoms with Crippen molar-refractivity contribution < 1.29 is 4.74 Å². The quantitative estimate of drug-likeness (QED) is 0.738. The van der Waals surface area contributed by atoms with Gasteiger partial charge >= 0.3 is 0 Å². The van der Waals surface area contributed by atoms with Crippen LogP contribution in [0, 0.1) is 25.2 Å². The fraction of sp³-hybridized carbons (Fsp3) is 0.188. The summed E-state index contributed by atoms with van der Waals surface area (Å²) in [7, 11) is 0. The molecule has 0 aliphatic heterocycles. The van der Waals surface area contributed by atoms with Gasteiger partial charge in [0.05, 0.1) is 17.0 Å². The van der Waals surface area contributed by atoms with Gasteiger partial charge in [-0.1, -0.05) is 18.2 Å². The summed E-state index contributed by atoms with van der Waals surface area (Å²) in [6, 6.07) is 9.59. The van der Waals surface area contributed by atoms with Gasteiger partial charge in [-0.2, -0.15) is 5.26 Å². The van der Waals surface area contributed by atoms with Crippen LogP contribution in [0.5, 0.6) is 5.88 Å².